The Morgan fingerprint density at radius 1 is 1.48 bits per heavy atom. The first kappa shape index (κ1) is 13.9. The van der Waals surface area contributed by atoms with Crippen LogP contribution in [0, 0.1) is 0 Å². The Balaban J connectivity index is 2.18. The third kappa shape index (κ3) is 2.35. The molecule has 112 valence electrons. The van der Waals surface area contributed by atoms with E-state index in [1.807, 2.05) is 12.1 Å². The van der Waals surface area contributed by atoms with Gasteiger partial charge in [0.25, 0.3) is 0 Å². The van der Waals surface area contributed by atoms with Crippen LogP contribution in [0.1, 0.15) is 18.0 Å². The van der Waals surface area contributed by atoms with Crippen molar-refractivity contribution in [2.45, 2.75) is 17.4 Å². The van der Waals surface area contributed by atoms with Crippen molar-refractivity contribution in [1.82, 2.24) is 14.8 Å². The van der Waals surface area contributed by atoms with Crippen LogP contribution in [0.3, 0.4) is 0 Å². The van der Waals surface area contributed by atoms with Gasteiger partial charge in [0.1, 0.15) is 5.82 Å². The molecule has 0 saturated heterocycles. The quantitative estimate of drug-likeness (QED) is 0.883. The molecule has 1 unspecified atom stereocenters. The van der Waals surface area contributed by atoms with E-state index in [9.17, 15) is 8.42 Å². The number of aromatic nitrogens is 3. The molecule has 1 aliphatic rings. The van der Waals surface area contributed by atoms with E-state index in [2.05, 4.69) is 20.7 Å². The minimum absolute atomic E-state index is 0.0162. The van der Waals surface area contributed by atoms with E-state index in [-0.39, 0.29) is 10.9 Å². The van der Waals surface area contributed by atoms with Crippen molar-refractivity contribution in [3.8, 4) is 0 Å². The molecule has 21 heavy (non-hydrogen) atoms. The van der Waals surface area contributed by atoms with Gasteiger partial charge in [0.05, 0.1) is 6.04 Å². The Kier molecular flexibility index (Phi) is 3.32. The predicted molar refractivity (Wildman–Crippen MR) is 80.4 cm³/mol. The Morgan fingerprint density at radius 3 is 2.90 bits per heavy atom. The number of hydrogen-bond donors (Lipinski definition) is 2. The fourth-order valence-electron chi connectivity index (χ4n) is 2.65. The minimum Gasteiger partial charge on any atom is -0.371 e. The molecule has 0 amide bonds. The molecule has 0 spiro atoms. The van der Waals surface area contributed by atoms with Gasteiger partial charge in [-0.3, -0.25) is 4.98 Å². The van der Waals surface area contributed by atoms with E-state index < -0.39 is 9.84 Å². The minimum atomic E-state index is -3.37. The summed E-state index contributed by atoms with van der Waals surface area (Å²) in [5, 5.41) is 10.4. The molecule has 3 heterocycles. The second kappa shape index (κ2) is 5.03. The Labute approximate surface area is 123 Å². The lowest BCUT2D eigenvalue weighted by molar-refractivity contribution is 0.480. The van der Waals surface area contributed by atoms with Crippen molar-refractivity contribution in [3.63, 3.8) is 0 Å². The van der Waals surface area contributed by atoms with Gasteiger partial charge in [-0.25, -0.2) is 13.1 Å². The third-order valence-corrected chi connectivity index (χ3v) is 4.68. The molecule has 7 nitrogen and oxygen atoms in total. The van der Waals surface area contributed by atoms with Crippen LogP contribution in [0.15, 0.2) is 29.4 Å². The Bertz CT molecular complexity index is 754. The van der Waals surface area contributed by atoms with E-state index in [0.29, 0.717) is 18.2 Å². The first-order valence-electron chi connectivity index (χ1n) is 6.66. The van der Waals surface area contributed by atoms with E-state index in [0.717, 1.165) is 12.0 Å². The molecule has 0 bridgehead atoms. The number of nitrogens with one attached hydrogen (secondary N) is 2. The number of anilines is 2. The molecular formula is C13H17N5O2S. The largest absolute Gasteiger partial charge is 0.371 e. The summed E-state index contributed by atoms with van der Waals surface area (Å²) in [6, 6.07) is 3.84. The molecule has 0 radical (unpaired) electrons. The molecule has 0 saturated carbocycles. The zero-order valence-electron chi connectivity index (χ0n) is 11.9. The molecule has 3 rings (SSSR count). The van der Waals surface area contributed by atoms with Crippen molar-refractivity contribution in [3.05, 3.63) is 30.1 Å². The van der Waals surface area contributed by atoms with Crippen molar-refractivity contribution in [1.29, 1.82) is 0 Å². The Morgan fingerprint density at radius 2 is 2.29 bits per heavy atom. The summed E-state index contributed by atoms with van der Waals surface area (Å²) in [5.74, 6) is 0.915. The summed E-state index contributed by atoms with van der Waals surface area (Å²) in [4.78, 5) is 4.36. The molecule has 1 aliphatic heterocycles. The second-order valence-electron chi connectivity index (χ2n) is 5.01. The number of sulfone groups is 1. The molecule has 2 aromatic heterocycles. The molecule has 8 heteroatoms. The van der Waals surface area contributed by atoms with Crippen LogP contribution in [-0.4, -0.2) is 43.0 Å². The fraction of sp³-hybridized carbons (Fsp3) is 0.385. The van der Waals surface area contributed by atoms with Crippen LogP contribution in [-0.2, 0) is 9.84 Å². The summed E-state index contributed by atoms with van der Waals surface area (Å²) in [5.41, 5.74) is 1.02. The van der Waals surface area contributed by atoms with Crippen molar-refractivity contribution < 1.29 is 8.42 Å². The molecular weight excluding hydrogens is 290 g/mol. The van der Waals surface area contributed by atoms with Crippen LogP contribution >= 0.6 is 0 Å². The van der Waals surface area contributed by atoms with Crippen molar-refractivity contribution in [2.24, 2.45) is 0 Å². The lowest BCUT2D eigenvalue weighted by Gasteiger charge is -2.26. The van der Waals surface area contributed by atoms with Crippen LogP contribution in [0.5, 0.6) is 0 Å². The van der Waals surface area contributed by atoms with Gasteiger partial charge in [-0.05, 0) is 18.1 Å². The predicted octanol–water partition coefficient (Wildman–Crippen LogP) is 1.13. The lowest BCUT2D eigenvalue weighted by Crippen LogP contribution is -2.25. The van der Waals surface area contributed by atoms with Gasteiger partial charge >= 0.3 is 0 Å². The number of rotatable bonds is 3. The normalized spacial score (nSPS) is 17.9. The maximum atomic E-state index is 12.0. The molecule has 2 aromatic rings. The van der Waals surface area contributed by atoms with Crippen LogP contribution in [0.25, 0.3) is 0 Å². The average molecular weight is 307 g/mol. The van der Waals surface area contributed by atoms with Gasteiger partial charge < -0.3 is 10.6 Å². The van der Waals surface area contributed by atoms with Crippen LogP contribution in [0.4, 0.5) is 11.6 Å². The average Bonchev–Trinajstić information content (AvgIpc) is 2.86. The highest BCUT2D eigenvalue weighted by atomic mass is 32.2. The number of hydrogen-bond acceptors (Lipinski definition) is 6. The smallest absolute Gasteiger partial charge is 0.182 e. The van der Waals surface area contributed by atoms with Crippen molar-refractivity contribution >= 4 is 21.5 Å². The SMILES string of the molecule is CNc1nn2c(c1S(C)(=O)=O)NCCC2c1cccnc1. The highest BCUT2D eigenvalue weighted by Gasteiger charge is 2.31. The highest BCUT2D eigenvalue weighted by Crippen LogP contribution is 2.37. The van der Waals surface area contributed by atoms with Crippen LogP contribution < -0.4 is 10.6 Å². The summed E-state index contributed by atoms with van der Waals surface area (Å²) < 4.78 is 25.8. The van der Waals surface area contributed by atoms with Gasteiger partial charge in [0, 0.05) is 32.2 Å². The topological polar surface area (TPSA) is 88.9 Å². The molecule has 0 fully saturated rings. The maximum absolute atomic E-state index is 12.0. The summed E-state index contributed by atoms with van der Waals surface area (Å²) in [6.45, 7) is 0.691. The summed E-state index contributed by atoms with van der Waals surface area (Å²) in [7, 11) is -1.70. The third-order valence-electron chi connectivity index (χ3n) is 3.55. The standard InChI is InChI=1S/C13H17N5O2S/c1-14-12-11(21(2,19)20)13-16-7-5-10(18(13)17-12)9-4-3-6-15-8-9/h3-4,6,8,10,16H,5,7H2,1-2H3,(H,14,17). The first-order valence-corrected chi connectivity index (χ1v) is 8.55. The maximum Gasteiger partial charge on any atom is 0.182 e. The number of pyridine rings is 1. The lowest BCUT2D eigenvalue weighted by atomic mass is 10.0. The van der Waals surface area contributed by atoms with E-state index in [1.165, 1.54) is 6.26 Å². The fourth-order valence-corrected chi connectivity index (χ4v) is 3.66. The number of fused-ring (bicyclic) bond motifs is 1. The van der Waals surface area contributed by atoms with Gasteiger partial charge in [-0.1, -0.05) is 6.07 Å². The zero-order chi connectivity index (χ0) is 15.0. The zero-order valence-corrected chi connectivity index (χ0v) is 12.7. The summed E-state index contributed by atoms with van der Waals surface area (Å²) >= 11 is 0. The monoisotopic (exact) mass is 307 g/mol. The van der Waals surface area contributed by atoms with Gasteiger partial charge in [-0.15, -0.1) is 0 Å². The second-order valence-corrected chi connectivity index (χ2v) is 6.96. The van der Waals surface area contributed by atoms with E-state index in [1.54, 1.807) is 24.1 Å². The van der Waals surface area contributed by atoms with Crippen LogP contribution in [0.2, 0.25) is 0 Å². The van der Waals surface area contributed by atoms with Gasteiger partial charge in [0.2, 0.25) is 0 Å². The molecule has 0 aliphatic carbocycles. The summed E-state index contributed by atoms with van der Waals surface area (Å²) in [6.07, 6.45) is 5.53. The Hall–Kier alpha value is -2.09. The highest BCUT2D eigenvalue weighted by molar-refractivity contribution is 7.91. The van der Waals surface area contributed by atoms with E-state index >= 15 is 0 Å². The number of nitrogens with zero attached hydrogens (tertiary/aromatic N) is 3. The van der Waals surface area contributed by atoms with Gasteiger partial charge in [-0.2, -0.15) is 5.10 Å². The molecule has 0 aromatic carbocycles. The first-order chi connectivity index (χ1) is 10.0. The molecule has 1 atom stereocenters. The van der Waals surface area contributed by atoms with E-state index in [4.69, 9.17) is 0 Å². The van der Waals surface area contributed by atoms with Crippen molar-refractivity contribution in [2.75, 3.05) is 30.5 Å². The molecule has 2 N–H and O–H groups in total. The van der Waals surface area contributed by atoms with Gasteiger partial charge in [0.15, 0.2) is 20.6 Å².